The van der Waals surface area contributed by atoms with E-state index >= 15 is 0 Å². The minimum atomic E-state index is -0.187. The Labute approximate surface area is 101 Å². The summed E-state index contributed by atoms with van der Waals surface area (Å²) in [6.07, 6.45) is 3.46. The van der Waals surface area contributed by atoms with E-state index in [0.717, 1.165) is 11.1 Å². The van der Waals surface area contributed by atoms with Gasteiger partial charge in [0.1, 0.15) is 5.82 Å². The molecule has 1 aromatic carbocycles. The highest BCUT2D eigenvalue weighted by atomic mass is 19.1. The van der Waals surface area contributed by atoms with Crippen molar-refractivity contribution >= 4 is 0 Å². The zero-order valence-corrected chi connectivity index (χ0v) is 9.94. The molecule has 0 radical (unpaired) electrons. The molecule has 0 aliphatic heterocycles. The second kappa shape index (κ2) is 5.06. The van der Waals surface area contributed by atoms with E-state index in [4.69, 9.17) is 0 Å². The SMILES string of the molecule is CNC(c1cccnc1)c1ccc(C)cc1F. The monoisotopic (exact) mass is 230 g/mol. The predicted octanol–water partition coefficient (Wildman–Crippen LogP) is 2.84. The Kier molecular flexibility index (Phi) is 3.49. The number of rotatable bonds is 3. The number of hydrogen-bond acceptors (Lipinski definition) is 2. The highest BCUT2D eigenvalue weighted by molar-refractivity contribution is 5.33. The van der Waals surface area contributed by atoms with Crippen molar-refractivity contribution in [3.63, 3.8) is 0 Å². The highest BCUT2D eigenvalue weighted by Crippen LogP contribution is 2.24. The summed E-state index contributed by atoms with van der Waals surface area (Å²) in [5.74, 6) is -0.187. The summed E-state index contributed by atoms with van der Waals surface area (Å²) in [7, 11) is 1.82. The number of nitrogens with one attached hydrogen (secondary N) is 1. The normalized spacial score (nSPS) is 12.4. The van der Waals surface area contributed by atoms with Gasteiger partial charge in [-0.1, -0.05) is 18.2 Å². The molecule has 0 fully saturated rings. The molecule has 1 N–H and O–H groups in total. The molecule has 1 aromatic heterocycles. The third-order valence-corrected chi connectivity index (χ3v) is 2.77. The Hall–Kier alpha value is -1.74. The van der Waals surface area contributed by atoms with Gasteiger partial charge < -0.3 is 5.32 Å². The van der Waals surface area contributed by atoms with E-state index in [2.05, 4.69) is 10.3 Å². The molecule has 0 saturated heterocycles. The van der Waals surface area contributed by atoms with Crippen LogP contribution in [-0.2, 0) is 0 Å². The van der Waals surface area contributed by atoms with Crippen molar-refractivity contribution in [3.05, 3.63) is 65.2 Å². The Morgan fingerprint density at radius 2 is 2.12 bits per heavy atom. The molecule has 17 heavy (non-hydrogen) atoms. The zero-order valence-electron chi connectivity index (χ0n) is 9.94. The average Bonchev–Trinajstić information content (AvgIpc) is 2.34. The van der Waals surface area contributed by atoms with E-state index in [1.807, 2.05) is 38.2 Å². The molecule has 0 saturated carbocycles. The van der Waals surface area contributed by atoms with Gasteiger partial charge in [0.2, 0.25) is 0 Å². The highest BCUT2D eigenvalue weighted by Gasteiger charge is 2.15. The third-order valence-electron chi connectivity index (χ3n) is 2.77. The molecule has 0 spiro atoms. The fourth-order valence-electron chi connectivity index (χ4n) is 1.91. The summed E-state index contributed by atoms with van der Waals surface area (Å²) in [6, 6.07) is 8.91. The first-order valence-corrected chi connectivity index (χ1v) is 5.55. The molecular weight excluding hydrogens is 215 g/mol. The Bertz CT molecular complexity index is 497. The van der Waals surface area contributed by atoms with Crippen LogP contribution in [0.1, 0.15) is 22.7 Å². The van der Waals surface area contributed by atoms with Crippen LogP contribution >= 0.6 is 0 Å². The van der Waals surface area contributed by atoms with Gasteiger partial charge in [0.15, 0.2) is 0 Å². The van der Waals surface area contributed by atoms with Crippen LogP contribution in [0.2, 0.25) is 0 Å². The smallest absolute Gasteiger partial charge is 0.128 e. The molecule has 1 heterocycles. The van der Waals surface area contributed by atoms with Crippen molar-refractivity contribution in [2.45, 2.75) is 13.0 Å². The summed E-state index contributed by atoms with van der Waals surface area (Å²) in [6.45, 7) is 1.88. The number of halogens is 1. The molecule has 1 atom stereocenters. The van der Waals surface area contributed by atoms with Crippen LogP contribution in [0.15, 0.2) is 42.7 Å². The molecule has 2 rings (SSSR count). The van der Waals surface area contributed by atoms with Crippen LogP contribution in [0, 0.1) is 12.7 Å². The summed E-state index contributed by atoms with van der Waals surface area (Å²) in [4.78, 5) is 4.06. The first kappa shape index (κ1) is 11.7. The fraction of sp³-hybridized carbons (Fsp3) is 0.214. The van der Waals surface area contributed by atoms with Crippen molar-refractivity contribution in [2.24, 2.45) is 0 Å². The molecule has 0 aliphatic carbocycles. The van der Waals surface area contributed by atoms with E-state index in [0.29, 0.717) is 5.56 Å². The van der Waals surface area contributed by atoms with Crippen molar-refractivity contribution in [1.29, 1.82) is 0 Å². The molecule has 0 amide bonds. The summed E-state index contributed by atoms with van der Waals surface area (Å²) in [5, 5.41) is 3.11. The van der Waals surface area contributed by atoms with Gasteiger partial charge in [-0.2, -0.15) is 0 Å². The maximum atomic E-state index is 13.9. The predicted molar refractivity (Wildman–Crippen MR) is 66.3 cm³/mol. The maximum absolute atomic E-state index is 13.9. The maximum Gasteiger partial charge on any atom is 0.128 e. The first-order chi connectivity index (χ1) is 8.22. The van der Waals surface area contributed by atoms with E-state index in [1.165, 1.54) is 0 Å². The summed E-state index contributed by atoms with van der Waals surface area (Å²) in [5.41, 5.74) is 2.52. The number of aryl methyl sites for hydroxylation is 1. The standard InChI is InChI=1S/C14H15FN2/c1-10-5-6-12(13(15)8-10)14(16-2)11-4-3-7-17-9-11/h3-9,14,16H,1-2H3. The first-order valence-electron chi connectivity index (χ1n) is 5.55. The lowest BCUT2D eigenvalue weighted by atomic mass is 9.99. The van der Waals surface area contributed by atoms with Gasteiger partial charge in [0.25, 0.3) is 0 Å². The minimum absolute atomic E-state index is 0.163. The van der Waals surface area contributed by atoms with Crippen molar-refractivity contribution < 1.29 is 4.39 Å². The third kappa shape index (κ3) is 2.50. The topological polar surface area (TPSA) is 24.9 Å². The van der Waals surface area contributed by atoms with Crippen LogP contribution in [0.4, 0.5) is 4.39 Å². The van der Waals surface area contributed by atoms with Crippen LogP contribution in [0.3, 0.4) is 0 Å². The largest absolute Gasteiger partial charge is 0.309 e. The van der Waals surface area contributed by atoms with Crippen molar-refractivity contribution in [3.8, 4) is 0 Å². The van der Waals surface area contributed by atoms with Gasteiger partial charge in [0.05, 0.1) is 6.04 Å². The lowest BCUT2D eigenvalue weighted by Gasteiger charge is -2.17. The van der Waals surface area contributed by atoms with Gasteiger partial charge in [-0.05, 0) is 37.2 Å². The van der Waals surface area contributed by atoms with E-state index in [9.17, 15) is 4.39 Å². The molecule has 0 aliphatic rings. The van der Waals surface area contributed by atoms with E-state index in [-0.39, 0.29) is 11.9 Å². The fourth-order valence-corrected chi connectivity index (χ4v) is 1.91. The Morgan fingerprint density at radius 3 is 2.71 bits per heavy atom. The van der Waals surface area contributed by atoms with E-state index < -0.39 is 0 Å². The molecule has 88 valence electrons. The van der Waals surface area contributed by atoms with Crippen LogP contribution in [0.5, 0.6) is 0 Å². The molecule has 1 unspecified atom stereocenters. The lowest BCUT2D eigenvalue weighted by Crippen LogP contribution is -2.19. The van der Waals surface area contributed by atoms with Gasteiger partial charge in [-0.25, -0.2) is 4.39 Å². The van der Waals surface area contributed by atoms with Gasteiger partial charge in [-0.15, -0.1) is 0 Å². The molecular formula is C14H15FN2. The number of nitrogens with zero attached hydrogens (tertiary/aromatic N) is 1. The summed E-state index contributed by atoms with van der Waals surface area (Å²) >= 11 is 0. The van der Waals surface area contributed by atoms with Gasteiger partial charge in [-0.3, -0.25) is 4.98 Å². The molecule has 2 nitrogen and oxygen atoms in total. The minimum Gasteiger partial charge on any atom is -0.309 e. The zero-order chi connectivity index (χ0) is 12.3. The number of aromatic nitrogens is 1. The lowest BCUT2D eigenvalue weighted by molar-refractivity contribution is 0.574. The second-order valence-electron chi connectivity index (χ2n) is 4.03. The van der Waals surface area contributed by atoms with Crippen molar-refractivity contribution in [2.75, 3.05) is 7.05 Å². The van der Waals surface area contributed by atoms with Crippen LogP contribution < -0.4 is 5.32 Å². The molecule has 2 aromatic rings. The Morgan fingerprint density at radius 1 is 1.29 bits per heavy atom. The van der Waals surface area contributed by atoms with Gasteiger partial charge in [0, 0.05) is 18.0 Å². The average molecular weight is 230 g/mol. The number of benzene rings is 1. The van der Waals surface area contributed by atoms with Crippen LogP contribution in [-0.4, -0.2) is 12.0 Å². The van der Waals surface area contributed by atoms with E-state index in [1.54, 1.807) is 18.5 Å². The molecule has 3 heteroatoms. The Balaban J connectivity index is 2.42. The number of hydrogen-bond donors (Lipinski definition) is 1. The van der Waals surface area contributed by atoms with Crippen LogP contribution in [0.25, 0.3) is 0 Å². The van der Waals surface area contributed by atoms with Gasteiger partial charge >= 0.3 is 0 Å². The second-order valence-corrected chi connectivity index (χ2v) is 4.03. The molecule has 0 bridgehead atoms. The quantitative estimate of drug-likeness (QED) is 0.877. The summed E-state index contributed by atoms with van der Waals surface area (Å²) < 4.78 is 13.9. The van der Waals surface area contributed by atoms with Crippen molar-refractivity contribution in [1.82, 2.24) is 10.3 Å². The number of pyridine rings is 1.